The first kappa shape index (κ1) is 16.1. The Morgan fingerprint density at radius 2 is 1.77 bits per heavy atom. The zero-order valence-electron chi connectivity index (χ0n) is 13.3. The summed E-state index contributed by atoms with van der Waals surface area (Å²) in [6.45, 7) is 6.53. The van der Waals surface area contributed by atoms with Gasteiger partial charge in [0.2, 0.25) is 0 Å². The third-order valence-electron chi connectivity index (χ3n) is 3.64. The van der Waals surface area contributed by atoms with Crippen molar-refractivity contribution in [2.24, 2.45) is 0 Å². The molecule has 3 heteroatoms. The highest BCUT2D eigenvalue weighted by Crippen LogP contribution is 2.25. The van der Waals surface area contributed by atoms with Crippen LogP contribution in [0.5, 0.6) is 11.5 Å². The second-order valence-electron chi connectivity index (χ2n) is 5.23. The van der Waals surface area contributed by atoms with E-state index in [2.05, 4.69) is 26.0 Å². The molecular formula is C19H22O3. The Kier molecular flexibility index (Phi) is 5.59. The molecule has 2 aromatic carbocycles. The van der Waals surface area contributed by atoms with Crippen LogP contribution in [0.1, 0.15) is 49.0 Å². The van der Waals surface area contributed by atoms with Crippen molar-refractivity contribution in [1.82, 2.24) is 0 Å². The molecule has 0 N–H and O–H groups in total. The first-order valence-electron chi connectivity index (χ1n) is 7.69. The van der Waals surface area contributed by atoms with Gasteiger partial charge in [0.1, 0.15) is 11.5 Å². The van der Waals surface area contributed by atoms with Gasteiger partial charge in [-0.25, -0.2) is 4.79 Å². The van der Waals surface area contributed by atoms with E-state index in [9.17, 15) is 4.79 Å². The fraction of sp³-hybridized carbons (Fsp3) is 0.316. The second kappa shape index (κ2) is 7.64. The molecule has 3 nitrogen and oxygen atoms in total. The van der Waals surface area contributed by atoms with Crippen molar-refractivity contribution < 1.29 is 14.3 Å². The van der Waals surface area contributed by atoms with E-state index in [1.54, 1.807) is 25.1 Å². The molecule has 0 radical (unpaired) electrons. The first-order chi connectivity index (χ1) is 10.6. The zero-order chi connectivity index (χ0) is 15.9. The minimum Gasteiger partial charge on any atom is -0.462 e. The lowest BCUT2D eigenvalue weighted by molar-refractivity contribution is 0.0526. The summed E-state index contributed by atoms with van der Waals surface area (Å²) in [6, 6.07) is 15.1. The molecule has 0 aliphatic carbocycles. The fourth-order valence-electron chi connectivity index (χ4n) is 2.14. The van der Waals surface area contributed by atoms with Crippen LogP contribution in [-0.2, 0) is 4.74 Å². The van der Waals surface area contributed by atoms with Gasteiger partial charge in [0.05, 0.1) is 12.2 Å². The van der Waals surface area contributed by atoms with Crippen molar-refractivity contribution in [3.8, 4) is 11.5 Å². The summed E-state index contributed by atoms with van der Waals surface area (Å²) in [5.41, 5.74) is 1.80. The van der Waals surface area contributed by atoms with Gasteiger partial charge in [0.15, 0.2) is 0 Å². The average molecular weight is 298 g/mol. The lowest BCUT2D eigenvalue weighted by Gasteiger charge is -2.11. The van der Waals surface area contributed by atoms with Crippen molar-refractivity contribution >= 4 is 5.97 Å². The highest BCUT2D eigenvalue weighted by Gasteiger charge is 2.08. The number of esters is 1. The van der Waals surface area contributed by atoms with Gasteiger partial charge in [0, 0.05) is 0 Å². The van der Waals surface area contributed by atoms with Gasteiger partial charge in [-0.15, -0.1) is 0 Å². The van der Waals surface area contributed by atoms with Crippen LogP contribution in [0.2, 0.25) is 0 Å². The van der Waals surface area contributed by atoms with Crippen molar-refractivity contribution in [2.75, 3.05) is 6.61 Å². The Morgan fingerprint density at radius 1 is 1.05 bits per heavy atom. The predicted molar refractivity (Wildman–Crippen MR) is 87.6 cm³/mol. The van der Waals surface area contributed by atoms with Gasteiger partial charge in [-0.2, -0.15) is 0 Å². The number of ether oxygens (including phenoxy) is 2. The molecule has 22 heavy (non-hydrogen) atoms. The van der Waals surface area contributed by atoms with E-state index in [-0.39, 0.29) is 5.97 Å². The molecular weight excluding hydrogens is 276 g/mol. The molecule has 116 valence electrons. The van der Waals surface area contributed by atoms with Crippen LogP contribution in [-0.4, -0.2) is 12.6 Å². The Labute approximate surface area is 131 Å². The maximum Gasteiger partial charge on any atom is 0.338 e. The molecule has 0 saturated heterocycles. The van der Waals surface area contributed by atoms with E-state index in [0.717, 1.165) is 12.2 Å². The summed E-state index contributed by atoms with van der Waals surface area (Å²) in [5, 5.41) is 0. The van der Waals surface area contributed by atoms with Gasteiger partial charge < -0.3 is 9.47 Å². The largest absolute Gasteiger partial charge is 0.462 e. The third kappa shape index (κ3) is 4.10. The maximum atomic E-state index is 11.7. The highest BCUT2D eigenvalue weighted by molar-refractivity contribution is 5.89. The topological polar surface area (TPSA) is 35.5 Å². The van der Waals surface area contributed by atoms with E-state index < -0.39 is 0 Å². The minimum atomic E-state index is -0.333. The van der Waals surface area contributed by atoms with Crippen molar-refractivity contribution in [1.29, 1.82) is 0 Å². The van der Waals surface area contributed by atoms with Crippen LogP contribution in [0.4, 0.5) is 0 Å². The molecule has 0 fully saturated rings. The molecule has 2 rings (SSSR count). The van der Waals surface area contributed by atoms with Crippen LogP contribution in [0.15, 0.2) is 48.5 Å². The molecule has 0 spiro atoms. The van der Waals surface area contributed by atoms with E-state index in [1.807, 2.05) is 18.2 Å². The Bertz CT molecular complexity index is 617. The fourth-order valence-corrected chi connectivity index (χ4v) is 2.14. The van der Waals surface area contributed by atoms with Crippen LogP contribution < -0.4 is 4.74 Å². The van der Waals surface area contributed by atoms with Gasteiger partial charge >= 0.3 is 5.97 Å². The van der Waals surface area contributed by atoms with Crippen molar-refractivity contribution in [2.45, 2.75) is 33.1 Å². The lowest BCUT2D eigenvalue weighted by atomic mass is 9.99. The lowest BCUT2D eigenvalue weighted by Crippen LogP contribution is -2.04. The van der Waals surface area contributed by atoms with Gasteiger partial charge in [0.25, 0.3) is 0 Å². The van der Waals surface area contributed by atoms with Crippen LogP contribution >= 0.6 is 0 Å². The summed E-state index contributed by atoms with van der Waals surface area (Å²) in [5.74, 6) is 1.59. The van der Waals surface area contributed by atoms with Crippen molar-refractivity contribution in [3.63, 3.8) is 0 Å². The normalized spacial score (nSPS) is 11.8. The third-order valence-corrected chi connectivity index (χ3v) is 3.64. The molecule has 0 unspecified atom stereocenters. The molecule has 0 aliphatic rings. The molecule has 0 aromatic heterocycles. The molecule has 0 saturated carbocycles. The number of carbonyl (C=O) groups is 1. The summed E-state index contributed by atoms with van der Waals surface area (Å²) in [4.78, 5) is 11.7. The first-order valence-corrected chi connectivity index (χ1v) is 7.69. The number of rotatable bonds is 6. The summed E-state index contributed by atoms with van der Waals surface area (Å²) < 4.78 is 10.8. The summed E-state index contributed by atoms with van der Waals surface area (Å²) in [6.07, 6.45) is 1.11. The van der Waals surface area contributed by atoms with Crippen molar-refractivity contribution in [3.05, 3.63) is 59.7 Å². The molecule has 2 aromatic rings. The second-order valence-corrected chi connectivity index (χ2v) is 5.23. The zero-order valence-corrected chi connectivity index (χ0v) is 13.3. The van der Waals surface area contributed by atoms with E-state index in [1.165, 1.54) is 5.56 Å². The monoisotopic (exact) mass is 298 g/mol. The average Bonchev–Trinajstić information content (AvgIpc) is 2.55. The molecule has 0 amide bonds. The van der Waals surface area contributed by atoms with Crippen LogP contribution in [0.25, 0.3) is 0 Å². The Morgan fingerprint density at radius 3 is 2.41 bits per heavy atom. The van der Waals surface area contributed by atoms with Crippen LogP contribution in [0.3, 0.4) is 0 Å². The quantitative estimate of drug-likeness (QED) is 0.690. The number of benzene rings is 2. The minimum absolute atomic E-state index is 0.333. The standard InChI is InChI=1S/C19H22O3/c1-4-14(3)15-9-11-17(12-10-15)22-18-8-6-7-16(13-18)19(20)21-5-2/h6-14H,4-5H2,1-3H3/t14-/m0/s1. The number of hydrogen-bond donors (Lipinski definition) is 0. The maximum absolute atomic E-state index is 11.7. The predicted octanol–water partition coefficient (Wildman–Crippen LogP) is 5.17. The summed E-state index contributed by atoms with van der Waals surface area (Å²) in [7, 11) is 0. The Hall–Kier alpha value is -2.29. The molecule has 1 atom stereocenters. The SMILES string of the molecule is CCOC(=O)c1cccc(Oc2ccc([C@@H](C)CC)cc2)c1. The van der Waals surface area contributed by atoms with E-state index in [0.29, 0.717) is 23.8 Å². The Balaban J connectivity index is 2.10. The van der Waals surface area contributed by atoms with Crippen LogP contribution in [0, 0.1) is 0 Å². The molecule has 0 aliphatic heterocycles. The van der Waals surface area contributed by atoms with Gasteiger partial charge in [-0.3, -0.25) is 0 Å². The highest BCUT2D eigenvalue weighted by atomic mass is 16.5. The van der Waals surface area contributed by atoms with Gasteiger partial charge in [-0.1, -0.05) is 32.0 Å². The number of carbonyl (C=O) groups excluding carboxylic acids is 1. The molecule has 0 bridgehead atoms. The van der Waals surface area contributed by atoms with E-state index >= 15 is 0 Å². The van der Waals surface area contributed by atoms with Gasteiger partial charge in [-0.05, 0) is 55.2 Å². The van der Waals surface area contributed by atoms with E-state index in [4.69, 9.17) is 9.47 Å². The summed E-state index contributed by atoms with van der Waals surface area (Å²) >= 11 is 0. The molecule has 0 heterocycles. The smallest absolute Gasteiger partial charge is 0.338 e. The number of hydrogen-bond acceptors (Lipinski definition) is 3.